The molecular weight excluding hydrogens is 562 g/mol. The van der Waals surface area contributed by atoms with Crippen molar-refractivity contribution in [2.24, 2.45) is 0 Å². The largest absolute Gasteiger partial charge is 0.344 e. The molecule has 1 saturated heterocycles. The first-order valence-electron chi connectivity index (χ1n) is 20.1. The Bertz CT molecular complexity index is 719. The lowest BCUT2D eigenvalue weighted by molar-refractivity contribution is -0.186. The van der Waals surface area contributed by atoms with E-state index in [0.29, 0.717) is 0 Å². The summed E-state index contributed by atoms with van der Waals surface area (Å²) in [5.74, 6) is -0.357. The fourth-order valence-electron chi connectivity index (χ4n) is 6.49. The van der Waals surface area contributed by atoms with Gasteiger partial charge in [0, 0.05) is 19.4 Å². The fourth-order valence-corrected chi connectivity index (χ4v) is 6.49. The summed E-state index contributed by atoms with van der Waals surface area (Å²) in [6.45, 7) is 7.69. The van der Waals surface area contributed by atoms with Crippen LogP contribution in [-0.4, -0.2) is 43.5 Å². The maximum atomic E-state index is 6.73. The molecule has 0 N–H and O–H groups in total. The summed E-state index contributed by atoms with van der Waals surface area (Å²) < 4.78 is 13.4. The topological polar surface area (TPSA) is 21.7 Å². The van der Waals surface area contributed by atoms with Gasteiger partial charge in [-0.3, -0.25) is 0 Å². The third-order valence-electron chi connectivity index (χ3n) is 9.35. The van der Waals surface area contributed by atoms with Gasteiger partial charge in [0.2, 0.25) is 0 Å². The molecule has 0 aromatic carbocycles. The molecule has 0 bridgehead atoms. The number of hydrogen-bond acceptors (Lipinski definition) is 3. The lowest BCUT2D eigenvalue weighted by atomic mass is 9.98. The van der Waals surface area contributed by atoms with Crippen molar-refractivity contribution in [1.82, 2.24) is 4.90 Å². The van der Waals surface area contributed by atoms with Crippen LogP contribution in [0.4, 0.5) is 0 Å². The molecule has 2 atom stereocenters. The van der Waals surface area contributed by atoms with Crippen molar-refractivity contribution in [3.05, 3.63) is 48.6 Å². The molecule has 2 unspecified atom stereocenters. The maximum absolute atomic E-state index is 6.73. The van der Waals surface area contributed by atoms with Gasteiger partial charge >= 0.3 is 0 Å². The fraction of sp³-hybridized carbons (Fsp3) is 0.814. The molecule has 1 aliphatic rings. The Hall–Kier alpha value is -1.16. The van der Waals surface area contributed by atoms with E-state index in [2.05, 4.69) is 88.4 Å². The Labute approximate surface area is 288 Å². The van der Waals surface area contributed by atoms with E-state index in [4.69, 9.17) is 9.47 Å². The number of likely N-dealkylation sites (N-methyl/N-ethyl adjacent to an activating group) is 1. The van der Waals surface area contributed by atoms with Gasteiger partial charge in [-0.2, -0.15) is 0 Å². The molecule has 46 heavy (non-hydrogen) atoms. The number of allylic oxidation sites excluding steroid dienone is 8. The number of unbranched alkanes of at least 4 members (excludes halogenated alkanes) is 18. The minimum Gasteiger partial charge on any atom is -0.344 e. The predicted molar refractivity (Wildman–Crippen MR) is 205 cm³/mol. The summed E-state index contributed by atoms with van der Waals surface area (Å²) in [5.41, 5.74) is 0. The molecule has 0 saturated carbocycles. The number of rotatable bonds is 32. The van der Waals surface area contributed by atoms with Crippen LogP contribution in [0, 0.1) is 0 Å². The van der Waals surface area contributed by atoms with E-state index >= 15 is 0 Å². The Morgan fingerprint density at radius 1 is 0.478 bits per heavy atom. The summed E-state index contributed by atoms with van der Waals surface area (Å²) in [5, 5.41) is 0. The van der Waals surface area contributed by atoms with E-state index in [-0.39, 0.29) is 18.0 Å². The summed E-state index contributed by atoms with van der Waals surface area (Å²) in [6, 6.07) is 0. The zero-order valence-corrected chi connectivity index (χ0v) is 31.6. The molecule has 1 aliphatic heterocycles. The lowest BCUT2D eigenvalue weighted by Gasteiger charge is -2.29. The molecule has 3 nitrogen and oxygen atoms in total. The van der Waals surface area contributed by atoms with Gasteiger partial charge in [-0.05, 0) is 98.1 Å². The second-order valence-electron chi connectivity index (χ2n) is 14.3. The molecule has 1 heterocycles. The minimum absolute atomic E-state index is 0.177. The van der Waals surface area contributed by atoms with Crippen LogP contribution in [0.2, 0.25) is 0 Å². The van der Waals surface area contributed by atoms with Gasteiger partial charge < -0.3 is 14.4 Å². The third kappa shape index (κ3) is 24.9. The van der Waals surface area contributed by atoms with Crippen molar-refractivity contribution < 1.29 is 9.47 Å². The minimum atomic E-state index is -0.357. The molecule has 0 amide bonds. The van der Waals surface area contributed by atoms with E-state index in [1.807, 2.05) is 0 Å². The van der Waals surface area contributed by atoms with Crippen LogP contribution in [0.25, 0.3) is 0 Å². The number of nitrogens with zero attached hydrogens (tertiary/aromatic N) is 1. The van der Waals surface area contributed by atoms with Gasteiger partial charge in [-0.25, -0.2) is 0 Å². The monoisotopic (exact) mass is 642 g/mol. The first kappa shape index (κ1) is 42.9. The molecule has 0 spiro atoms. The molecule has 1 rings (SSSR count). The van der Waals surface area contributed by atoms with Crippen molar-refractivity contribution in [2.75, 3.05) is 20.6 Å². The normalized spacial score (nSPS) is 18.6. The highest BCUT2D eigenvalue weighted by Crippen LogP contribution is 2.38. The van der Waals surface area contributed by atoms with Crippen LogP contribution in [0.1, 0.15) is 188 Å². The lowest BCUT2D eigenvalue weighted by Crippen LogP contribution is -2.34. The molecule has 0 aromatic heterocycles. The summed E-state index contributed by atoms with van der Waals surface area (Å²) in [7, 11) is 4.28. The van der Waals surface area contributed by atoms with Crippen LogP contribution in [0.3, 0.4) is 0 Å². The average molecular weight is 642 g/mol. The van der Waals surface area contributed by atoms with Gasteiger partial charge in [0.15, 0.2) is 5.79 Å². The van der Waals surface area contributed by atoms with Crippen LogP contribution in [-0.2, 0) is 9.47 Å². The first-order chi connectivity index (χ1) is 22.5. The molecule has 0 radical (unpaired) electrons. The van der Waals surface area contributed by atoms with Gasteiger partial charge in [-0.1, -0.05) is 140 Å². The van der Waals surface area contributed by atoms with Crippen LogP contribution >= 0.6 is 0 Å². The highest BCUT2D eigenvalue weighted by Gasteiger charge is 2.44. The molecule has 0 aromatic rings. The van der Waals surface area contributed by atoms with Gasteiger partial charge in [0.1, 0.15) is 0 Å². The zero-order valence-electron chi connectivity index (χ0n) is 31.6. The maximum Gasteiger partial charge on any atom is 0.169 e. The Kier molecular flexibility index (Phi) is 29.0. The molecule has 1 fully saturated rings. The molecular formula is C43H79NO2. The molecule has 3 heteroatoms. The van der Waals surface area contributed by atoms with Crippen molar-refractivity contribution in [3.8, 4) is 0 Å². The third-order valence-corrected chi connectivity index (χ3v) is 9.35. The first-order valence-corrected chi connectivity index (χ1v) is 20.1. The standard InChI is InChI=1S/C43H79NO2/c1-6-8-10-12-14-16-18-20-22-24-26-28-30-32-34-36-38-43(45-41(3)42(46-43)40-44(4)5)39-37-35-33-31-29-27-25-23-21-19-17-15-13-11-9-7-2/h14-17,20-23,41-42H,6-13,18-19,24-40H2,1-5H3/b16-14-,17-15-,22-20-,23-21-. The summed E-state index contributed by atoms with van der Waals surface area (Å²) >= 11 is 0. The van der Waals surface area contributed by atoms with Crippen molar-refractivity contribution in [3.63, 3.8) is 0 Å². The highest BCUT2D eigenvalue weighted by molar-refractivity contribution is 4.93. The Morgan fingerprint density at radius 2 is 0.848 bits per heavy atom. The highest BCUT2D eigenvalue weighted by atomic mass is 16.8. The quantitative estimate of drug-likeness (QED) is 0.0539. The van der Waals surface area contributed by atoms with E-state index in [1.165, 1.54) is 141 Å². The zero-order chi connectivity index (χ0) is 33.4. The van der Waals surface area contributed by atoms with Crippen molar-refractivity contribution in [2.45, 2.75) is 206 Å². The van der Waals surface area contributed by atoms with Gasteiger partial charge in [0.25, 0.3) is 0 Å². The van der Waals surface area contributed by atoms with Crippen LogP contribution < -0.4 is 0 Å². The van der Waals surface area contributed by atoms with Crippen LogP contribution in [0.5, 0.6) is 0 Å². The second-order valence-corrected chi connectivity index (χ2v) is 14.3. The van der Waals surface area contributed by atoms with Crippen molar-refractivity contribution in [1.29, 1.82) is 0 Å². The summed E-state index contributed by atoms with van der Waals surface area (Å²) in [4.78, 5) is 2.24. The van der Waals surface area contributed by atoms with Crippen molar-refractivity contribution >= 4 is 0 Å². The van der Waals surface area contributed by atoms with E-state index in [9.17, 15) is 0 Å². The average Bonchev–Trinajstić information content (AvgIpc) is 3.34. The smallest absolute Gasteiger partial charge is 0.169 e. The molecule has 0 aliphatic carbocycles. The predicted octanol–water partition coefficient (Wildman–Crippen LogP) is 13.5. The Morgan fingerprint density at radius 3 is 1.24 bits per heavy atom. The van der Waals surface area contributed by atoms with E-state index in [0.717, 1.165) is 32.2 Å². The molecule has 268 valence electrons. The summed E-state index contributed by atoms with van der Waals surface area (Å²) in [6.07, 6.45) is 52.2. The number of ether oxygens (including phenoxy) is 2. The van der Waals surface area contributed by atoms with E-state index < -0.39 is 0 Å². The number of hydrogen-bond donors (Lipinski definition) is 0. The van der Waals surface area contributed by atoms with Gasteiger partial charge in [0.05, 0.1) is 12.2 Å². The second kappa shape index (κ2) is 31.1. The SMILES string of the molecule is CCCCC/C=C\C/C=C\CCCCCCCCC1(CCCCCCCC/C=C\C/C=C\CCCCC)OC(C)C(CN(C)C)O1. The Balaban J connectivity index is 2.19. The van der Waals surface area contributed by atoms with Gasteiger partial charge in [-0.15, -0.1) is 0 Å². The van der Waals surface area contributed by atoms with E-state index in [1.54, 1.807) is 0 Å². The van der Waals surface area contributed by atoms with Crippen LogP contribution in [0.15, 0.2) is 48.6 Å².